The summed E-state index contributed by atoms with van der Waals surface area (Å²) in [5.41, 5.74) is 7.12. The molecule has 2 aromatic rings. The molecule has 4 heteroatoms. The van der Waals surface area contributed by atoms with Crippen LogP contribution in [0.1, 0.15) is 20.8 Å². The molecule has 1 heterocycles. The molecule has 2 N–H and O–H groups in total. The first-order chi connectivity index (χ1) is 9.31. The van der Waals surface area contributed by atoms with E-state index < -0.39 is 0 Å². The van der Waals surface area contributed by atoms with Crippen molar-refractivity contribution < 1.29 is 9.53 Å². The van der Waals surface area contributed by atoms with E-state index in [1.165, 1.54) is 4.88 Å². The van der Waals surface area contributed by atoms with Crippen LogP contribution in [0.25, 0.3) is 0 Å². The first-order valence-electron chi connectivity index (χ1n) is 6.28. The van der Waals surface area contributed by atoms with Crippen LogP contribution >= 0.6 is 11.3 Å². The summed E-state index contributed by atoms with van der Waals surface area (Å²) in [6, 6.07) is 11.5. The Bertz CT molecular complexity index is 523. The van der Waals surface area contributed by atoms with Gasteiger partial charge in [0.1, 0.15) is 0 Å². The van der Waals surface area contributed by atoms with Crippen LogP contribution in [0.5, 0.6) is 0 Å². The standard InChI is InChI=1S/C15H17NO2S/c16-9-7-12-4-1-2-6-14(12)15(17)18-10-8-13-5-3-11-19-13/h1-6,11H,7-10,16H2. The Morgan fingerprint density at radius 3 is 2.74 bits per heavy atom. The fraction of sp³-hybridized carbons (Fsp3) is 0.267. The van der Waals surface area contributed by atoms with Crippen molar-refractivity contribution in [3.05, 3.63) is 57.8 Å². The van der Waals surface area contributed by atoms with Crippen LogP contribution < -0.4 is 5.73 Å². The monoisotopic (exact) mass is 275 g/mol. The second kappa shape index (κ2) is 7.07. The summed E-state index contributed by atoms with van der Waals surface area (Å²) in [5.74, 6) is -0.263. The number of ether oxygens (including phenoxy) is 1. The molecule has 19 heavy (non-hydrogen) atoms. The van der Waals surface area contributed by atoms with Gasteiger partial charge in [-0.1, -0.05) is 24.3 Å². The van der Waals surface area contributed by atoms with Gasteiger partial charge < -0.3 is 10.5 Å². The zero-order valence-corrected chi connectivity index (χ0v) is 11.5. The zero-order chi connectivity index (χ0) is 13.5. The molecular weight excluding hydrogens is 258 g/mol. The number of esters is 1. The highest BCUT2D eigenvalue weighted by Crippen LogP contribution is 2.12. The largest absolute Gasteiger partial charge is 0.462 e. The molecule has 0 atom stereocenters. The quantitative estimate of drug-likeness (QED) is 0.825. The number of carbonyl (C=O) groups excluding carboxylic acids is 1. The summed E-state index contributed by atoms with van der Waals surface area (Å²) in [7, 11) is 0. The average Bonchev–Trinajstić information content (AvgIpc) is 2.93. The maximum atomic E-state index is 12.0. The van der Waals surface area contributed by atoms with Gasteiger partial charge in [-0.2, -0.15) is 0 Å². The molecule has 0 aliphatic rings. The fourth-order valence-electron chi connectivity index (χ4n) is 1.87. The molecule has 1 aromatic carbocycles. The SMILES string of the molecule is NCCc1ccccc1C(=O)OCCc1cccs1. The molecule has 0 radical (unpaired) electrons. The van der Waals surface area contributed by atoms with Crippen molar-refractivity contribution in [2.24, 2.45) is 5.73 Å². The van der Waals surface area contributed by atoms with Gasteiger partial charge in [0.25, 0.3) is 0 Å². The molecule has 0 fully saturated rings. The summed E-state index contributed by atoms with van der Waals surface area (Å²) >= 11 is 1.67. The Morgan fingerprint density at radius 1 is 1.16 bits per heavy atom. The third-order valence-electron chi connectivity index (χ3n) is 2.81. The van der Waals surface area contributed by atoms with E-state index in [-0.39, 0.29) is 5.97 Å². The highest BCUT2D eigenvalue weighted by molar-refractivity contribution is 7.09. The first-order valence-corrected chi connectivity index (χ1v) is 7.16. The van der Waals surface area contributed by atoms with Crippen molar-refractivity contribution in [3.63, 3.8) is 0 Å². The number of benzene rings is 1. The van der Waals surface area contributed by atoms with Gasteiger partial charge in [-0.3, -0.25) is 0 Å². The molecule has 2 rings (SSSR count). The maximum Gasteiger partial charge on any atom is 0.338 e. The Hall–Kier alpha value is -1.65. The van der Waals surface area contributed by atoms with Crippen molar-refractivity contribution >= 4 is 17.3 Å². The molecule has 0 saturated carbocycles. The maximum absolute atomic E-state index is 12.0. The molecule has 0 saturated heterocycles. The Balaban J connectivity index is 1.92. The number of nitrogens with two attached hydrogens (primary N) is 1. The van der Waals surface area contributed by atoms with E-state index in [0.717, 1.165) is 12.0 Å². The topological polar surface area (TPSA) is 52.3 Å². The van der Waals surface area contributed by atoms with E-state index in [1.54, 1.807) is 17.4 Å². The summed E-state index contributed by atoms with van der Waals surface area (Å²) in [5, 5.41) is 2.02. The molecule has 0 spiro atoms. The van der Waals surface area contributed by atoms with Crippen molar-refractivity contribution in [2.45, 2.75) is 12.8 Å². The normalized spacial score (nSPS) is 10.4. The van der Waals surface area contributed by atoms with Gasteiger partial charge in [0.2, 0.25) is 0 Å². The number of hydrogen-bond acceptors (Lipinski definition) is 4. The fourth-order valence-corrected chi connectivity index (χ4v) is 2.56. The van der Waals surface area contributed by atoms with Gasteiger partial charge in [0.05, 0.1) is 12.2 Å². The van der Waals surface area contributed by atoms with Crippen LogP contribution in [0.2, 0.25) is 0 Å². The van der Waals surface area contributed by atoms with Crippen molar-refractivity contribution in [3.8, 4) is 0 Å². The number of rotatable bonds is 6. The molecule has 0 aliphatic heterocycles. The van der Waals surface area contributed by atoms with Crippen molar-refractivity contribution in [1.29, 1.82) is 0 Å². The van der Waals surface area contributed by atoms with Crippen LogP contribution in [0.15, 0.2) is 41.8 Å². The van der Waals surface area contributed by atoms with Crippen LogP contribution in [0.4, 0.5) is 0 Å². The predicted molar refractivity (Wildman–Crippen MR) is 77.5 cm³/mol. The first kappa shape index (κ1) is 13.8. The van der Waals surface area contributed by atoms with Crippen LogP contribution in [0, 0.1) is 0 Å². The van der Waals surface area contributed by atoms with E-state index in [4.69, 9.17) is 10.5 Å². The van der Waals surface area contributed by atoms with E-state index in [1.807, 2.05) is 35.7 Å². The van der Waals surface area contributed by atoms with E-state index in [2.05, 4.69) is 0 Å². The predicted octanol–water partition coefficient (Wildman–Crippen LogP) is 2.65. The van der Waals surface area contributed by atoms with Crippen molar-refractivity contribution in [1.82, 2.24) is 0 Å². The molecular formula is C15H17NO2S. The summed E-state index contributed by atoms with van der Waals surface area (Å²) in [6.07, 6.45) is 1.46. The third kappa shape index (κ3) is 3.91. The minimum absolute atomic E-state index is 0.263. The van der Waals surface area contributed by atoms with Crippen LogP contribution in [-0.4, -0.2) is 19.1 Å². The number of carbonyl (C=O) groups is 1. The summed E-state index contributed by atoms with van der Waals surface area (Å²) in [4.78, 5) is 13.2. The third-order valence-corrected chi connectivity index (χ3v) is 3.75. The summed E-state index contributed by atoms with van der Waals surface area (Å²) in [6.45, 7) is 0.940. The van der Waals surface area contributed by atoms with Gasteiger partial charge in [0, 0.05) is 11.3 Å². The van der Waals surface area contributed by atoms with E-state index >= 15 is 0 Å². The highest BCUT2D eigenvalue weighted by atomic mass is 32.1. The Kier molecular flexibility index (Phi) is 5.12. The Morgan fingerprint density at radius 2 is 2.00 bits per heavy atom. The number of hydrogen-bond donors (Lipinski definition) is 1. The lowest BCUT2D eigenvalue weighted by atomic mass is 10.1. The second-order valence-electron chi connectivity index (χ2n) is 4.16. The molecule has 0 bridgehead atoms. The lowest BCUT2D eigenvalue weighted by molar-refractivity contribution is 0.0509. The van der Waals surface area contributed by atoms with E-state index in [0.29, 0.717) is 25.1 Å². The minimum atomic E-state index is -0.263. The Labute approximate surface area is 117 Å². The van der Waals surface area contributed by atoms with Gasteiger partial charge in [-0.25, -0.2) is 4.79 Å². The second-order valence-corrected chi connectivity index (χ2v) is 5.19. The van der Waals surface area contributed by atoms with Crippen LogP contribution in [-0.2, 0) is 17.6 Å². The summed E-state index contributed by atoms with van der Waals surface area (Å²) < 4.78 is 5.32. The molecule has 100 valence electrons. The molecule has 1 aromatic heterocycles. The molecule has 3 nitrogen and oxygen atoms in total. The van der Waals surface area contributed by atoms with Gasteiger partial charge >= 0.3 is 5.97 Å². The molecule has 0 amide bonds. The van der Waals surface area contributed by atoms with Gasteiger partial charge in [-0.15, -0.1) is 11.3 Å². The van der Waals surface area contributed by atoms with Crippen LogP contribution in [0.3, 0.4) is 0 Å². The lowest BCUT2D eigenvalue weighted by Crippen LogP contribution is -2.12. The molecule has 0 unspecified atom stereocenters. The zero-order valence-electron chi connectivity index (χ0n) is 10.7. The molecule has 0 aliphatic carbocycles. The highest BCUT2D eigenvalue weighted by Gasteiger charge is 2.11. The van der Waals surface area contributed by atoms with Gasteiger partial charge in [-0.05, 0) is 36.0 Å². The average molecular weight is 275 g/mol. The van der Waals surface area contributed by atoms with E-state index in [9.17, 15) is 4.79 Å². The minimum Gasteiger partial charge on any atom is -0.462 e. The van der Waals surface area contributed by atoms with Gasteiger partial charge in [0.15, 0.2) is 0 Å². The lowest BCUT2D eigenvalue weighted by Gasteiger charge is -2.08. The van der Waals surface area contributed by atoms with Crippen molar-refractivity contribution in [2.75, 3.05) is 13.2 Å². The smallest absolute Gasteiger partial charge is 0.338 e. The number of thiophene rings is 1.